The second kappa shape index (κ2) is 9.47. The maximum Gasteiger partial charge on any atom is 0.249 e. The molecule has 3 N–H and O–H groups in total. The van der Waals surface area contributed by atoms with Crippen LogP contribution in [0.5, 0.6) is 0 Å². The number of nitrogens with one attached hydrogen (secondary N) is 1. The third-order valence-electron chi connectivity index (χ3n) is 7.16. The SMILES string of the molecule is NC(=O)c1cccc(CCCN2CCOCC2)c1C1=c2ccccc2=C2CCCCC2N1. The van der Waals surface area contributed by atoms with E-state index in [9.17, 15) is 4.79 Å². The van der Waals surface area contributed by atoms with Crippen molar-refractivity contribution in [2.24, 2.45) is 5.73 Å². The van der Waals surface area contributed by atoms with Gasteiger partial charge in [-0.05, 0) is 61.1 Å². The van der Waals surface area contributed by atoms with Crippen LogP contribution in [0.2, 0.25) is 0 Å². The number of amides is 1. The number of rotatable bonds is 6. The predicted octanol–water partition coefficient (Wildman–Crippen LogP) is 1.90. The number of benzene rings is 2. The van der Waals surface area contributed by atoms with Crippen LogP contribution in [0.1, 0.15) is 53.6 Å². The number of aryl methyl sites for hydroxylation is 1. The summed E-state index contributed by atoms with van der Waals surface area (Å²) in [4.78, 5) is 15.0. The number of morpholine rings is 1. The van der Waals surface area contributed by atoms with Gasteiger partial charge in [0.2, 0.25) is 5.91 Å². The van der Waals surface area contributed by atoms with Gasteiger partial charge in [-0.15, -0.1) is 0 Å². The van der Waals surface area contributed by atoms with E-state index < -0.39 is 0 Å². The third-order valence-corrected chi connectivity index (χ3v) is 7.16. The van der Waals surface area contributed by atoms with Crippen molar-refractivity contribution in [1.82, 2.24) is 10.2 Å². The van der Waals surface area contributed by atoms with E-state index in [1.165, 1.54) is 34.4 Å². The van der Waals surface area contributed by atoms with Crippen molar-refractivity contribution < 1.29 is 9.53 Å². The molecule has 1 amide bonds. The van der Waals surface area contributed by atoms with Crippen LogP contribution in [-0.2, 0) is 11.2 Å². The smallest absolute Gasteiger partial charge is 0.249 e. The monoisotopic (exact) mass is 431 g/mol. The fourth-order valence-electron chi connectivity index (χ4n) is 5.56. The number of hydrogen-bond donors (Lipinski definition) is 2. The maximum absolute atomic E-state index is 12.5. The summed E-state index contributed by atoms with van der Waals surface area (Å²) in [6, 6.07) is 15.0. The average Bonchev–Trinajstić information content (AvgIpc) is 2.84. The van der Waals surface area contributed by atoms with Crippen molar-refractivity contribution in [2.75, 3.05) is 32.8 Å². The first-order valence-corrected chi connectivity index (χ1v) is 12.0. The predicted molar refractivity (Wildman–Crippen MR) is 128 cm³/mol. The number of nitrogens with two attached hydrogens (primary N) is 1. The maximum atomic E-state index is 12.5. The Labute approximate surface area is 189 Å². The summed E-state index contributed by atoms with van der Waals surface area (Å²) in [5, 5.41) is 6.38. The van der Waals surface area contributed by atoms with Gasteiger partial charge in [0.15, 0.2) is 0 Å². The zero-order valence-corrected chi connectivity index (χ0v) is 18.7. The standard InChI is InChI=1S/C27H33N3O2/c28-27(31)23-12-5-7-19(8-6-14-30-15-17-32-18-16-30)25(23)26-22-11-2-1-9-20(22)21-10-3-4-13-24(21)29-26/h1-2,5,7,9,11-12,24,29H,3-4,6,8,10,13-18H2,(H2,28,31). The molecule has 32 heavy (non-hydrogen) atoms. The van der Waals surface area contributed by atoms with Gasteiger partial charge in [-0.1, -0.05) is 42.8 Å². The van der Waals surface area contributed by atoms with Gasteiger partial charge in [0.1, 0.15) is 0 Å². The number of hydrogen-bond acceptors (Lipinski definition) is 4. The summed E-state index contributed by atoms with van der Waals surface area (Å²) in [5.41, 5.74) is 11.3. The van der Waals surface area contributed by atoms with E-state index in [1.807, 2.05) is 12.1 Å². The highest BCUT2D eigenvalue weighted by molar-refractivity contribution is 5.98. The molecule has 2 fully saturated rings. The van der Waals surface area contributed by atoms with E-state index in [4.69, 9.17) is 10.5 Å². The van der Waals surface area contributed by atoms with Crippen molar-refractivity contribution in [1.29, 1.82) is 0 Å². The summed E-state index contributed by atoms with van der Waals surface area (Å²) >= 11 is 0. The lowest BCUT2D eigenvalue weighted by Gasteiger charge is -2.33. The average molecular weight is 432 g/mol. The topological polar surface area (TPSA) is 67.6 Å². The molecule has 0 bridgehead atoms. The Hall–Kier alpha value is -2.63. The van der Waals surface area contributed by atoms with Gasteiger partial charge >= 0.3 is 0 Å². The van der Waals surface area contributed by atoms with Crippen LogP contribution >= 0.6 is 0 Å². The van der Waals surface area contributed by atoms with Crippen LogP contribution in [0.15, 0.2) is 42.5 Å². The highest BCUT2D eigenvalue weighted by atomic mass is 16.5. The van der Waals surface area contributed by atoms with Gasteiger partial charge in [-0.3, -0.25) is 9.69 Å². The fourth-order valence-corrected chi connectivity index (χ4v) is 5.56. The van der Waals surface area contributed by atoms with Crippen molar-refractivity contribution >= 4 is 17.2 Å². The summed E-state index contributed by atoms with van der Waals surface area (Å²) in [7, 11) is 0. The highest BCUT2D eigenvalue weighted by Crippen LogP contribution is 2.29. The molecule has 5 rings (SSSR count). The Kier molecular flexibility index (Phi) is 6.28. The third kappa shape index (κ3) is 4.19. The molecular formula is C27H33N3O2. The summed E-state index contributed by atoms with van der Waals surface area (Å²) in [5.74, 6) is -0.361. The summed E-state index contributed by atoms with van der Waals surface area (Å²) < 4.78 is 5.47. The van der Waals surface area contributed by atoms with Crippen molar-refractivity contribution in [3.63, 3.8) is 0 Å². The van der Waals surface area contributed by atoms with Gasteiger partial charge < -0.3 is 15.8 Å². The van der Waals surface area contributed by atoms with E-state index in [-0.39, 0.29) is 5.91 Å². The minimum Gasteiger partial charge on any atom is -0.379 e. The Balaban J connectivity index is 1.57. The second-order valence-electron chi connectivity index (χ2n) is 9.15. The van der Waals surface area contributed by atoms with Crippen LogP contribution in [-0.4, -0.2) is 49.7 Å². The van der Waals surface area contributed by atoms with Crippen molar-refractivity contribution in [3.8, 4) is 0 Å². The molecule has 1 aliphatic carbocycles. The van der Waals surface area contributed by atoms with Gasteiger partial charge in [-0.25, -0.2) is 0 Å². The molecule has 2 heterocycles. The Morgan fingerprint density at radius 3 is 2.69 bits per heavy atom. The van der Waals surface area contributed by atoms with Gasteiger partial charge in [0.25, 0.3) is 0 Å². The molecule has 168 valence electrons. The number of ether oxygens (including phenoxy) is 1. The van der Waals surface area contributed by atoms with Gasteiger partial charge in [-0.2, -0.15) is 0 Å². The zero-order chi connectivity index (χ0) is 21.9. The molecule has 3 aliphatic rings. The van der Waals surface area contributed by atoms with Crippen LogP contribution in [0.4, 0.5) is 0 Å². The van der Waals surface area contributed by atoms with Crippen LogP contribution in [0, 0.1) is 0 Å². The van der Waals surface area contributed by atoms with E-state index in [2.05, 4.69) is 40.5 Å². The normalized spacial score (nSPS) is 20.9. The lowest BCUT2D eigenvalue weighted by molar-refractivity contribution is 0.0374. The molecule has 1 saturated heterocycles. The van der Waals surface area contributed by atoms with E-state index >= 15 is 0 Å². The Morgan fingerprint density at radius 1 is 1.06 bits per heavy atom. The van der Waals surface area contributed by atoms with E-state index in [0.29, 0.717) is 11.6 Å². The highest BCUT2D eigenvalue weighted by Gasteiger charge is 2.27. The molecule has 5 heteroatoms. The minimum atomic E-state index is -0.361. The van der Waals surface area contributed by atoms with Crippen LogP contribution in [0.3, 0.4) is 0 Å². The quantitative estimate of drug-likeness (QED) is 0.733. The molecule has 2 aromatic rings. The zero-order valence-electron chi connectivity index (χ0n) is 18.7. The first-order valence-electron chi connectivity index (χ1n) is 12.0. The van der Waals surface area contributed by atoms with Crippen molar-refractivity contribution in [3.05, 3.63) is 69.6 Å². The number of fused-ring (bicyclic) bond motifs is 2. The van der Waals surface area contributed by atoms with Crippen LogP contribution < -0.4 is 21.5 Å². The summed E-state index contributed by atoms with van der Waals surface area (Å²) in [6.45, 7) is 4.69. The molecule has 2 aromatic carbocycles. The molecule has 2 aliphatic heterocycles. The Bertz CT molecular complexity index is 1120. The molecule has 0 aromatic heterocycles. The fraction of sp³-hybridized carbons (Fsp3) is 0.444. The first-order chi connectivity index (χ1) is 15.7. The summed E-state index contributed by atoms with van der Waals surface area (Å²) in [6.07, 6.45) is 6.74. The first kappa shape index (κ1) is 21.2. The molecular weight excluding hydrogens is 398 g/mol. The minimum absolute atomic E-state index is 0.343. The largest absolute Gasteiger partial charge is 0.379 e. The number of carbonyl (C=O) groups is 1. The van der Waals surface area contributed by atoms with Gasteiger partial charge in [0.05, 0.1) is 18.9 Å². The number of primary amides is 1. The van der Waals surface area contributed by atoms with Gasteiger partial charge in [0, 0.05) is 35.5 Å². The molecule has 0 spiro atoms. The van der Waals surface area contributed by atoms with Crippen LogP contribution in [0.25, 0.3) is 11.3 Å². The molecule has 0 radical (unpaired) electrons. The molecule has 1 atom stereocenters. The van der Waals surface area contributed by atoms with Crippen molar-refractivity contribution in [2.45, 2.75) is 44.6 Å². The van der Waals surface area contributed by atoms with E-state index in [1.54, 1.807) is 0 Å². The second-order valence-corrected chi connectivity index (χ2v) is 9.15. The lowest BCUT2D eigenvalue weighted by Crippen LogP contribution is -2.47. The number of carbonyl (C=O) groups excluding carboxylic acids is 1. The molecule has 1 saturated carbocycles. The Morgan fingerprint density at radius 2 is 1.88 bits per heavy atom. The molecule has 1 unspecified atom stereocenters. The molecule has 5 nitrogen and oxygen atoms in total. The number of nitrogens with zero attached hydrogens (tertiary/aromatic N) is 1. The van der Waals surface area contributed by atoms with E-state index in [0.717, 1.165) is 69.8 Å². The lowest BCUT2D eigenvalue weighted by atomic mass is 9.83.